The number of hydrogen-bond acceptors (Lipinski definition) is 5. The first-order valence-electron chi connectivity index (χ1n) is 6.05. The summed E-state index contributed by atoms with van der Waals surface area (Å²) in [6.45, 7) is 3.87. The molecule has 1 heterocycles. The Balaban J connectivity index is 2.26. The topological polar surface area (TPSA) is 77.9 Å². The molecule has 6 heteroatoms. The molecule has 19 heavy (non-hydrogen) atoms. The van der Waals surface area contributed by atoms with Gasteiger partial charge in [-0.3, -0.25) is 0 Å². The number of nitrogens with zero attached hydrogens (tertiary/aromatic N) is 1. The van der Waals surface area contributed by atoms with Crippen molar-refractivity contribution < 1.29 is 24.1 Å². The highest BCUT2D eigenvalue weighted by atomic mass is 16.5. The summed E-state index contributed by atoms with van der Waals surface area (Å²) >= 11 is 0. The Hall–Kier alpha value is -1.66. The molecule has 1 N–H and O–H groups in total. The lowest BCUT2D eigenvalue weighted by Crippen LogP contribution is -2.08. The van der Waals surface area contributed by atoms with E-state index in [2.05, 4.69) is 4.98 Å². The first kappa shape index (κ1) is 15.4. The van der Waals surface area contributed by atoms with Crippen molar-refractivity contribution in [1.29, 1.82) is 0 Å². The van der Waals surface area contributed by atoms with E-state index in [-0.39, 0.29) is 5.56 Å². The van der Waals surface area contributed by atoms with E-state index in [1.165, 1.54) is 6.07 Å². The molecule has 0 saturated heterocycles. The number of carboxylic acid groups (broad SMARTS) is 1. The minimum Gasteiger partial charge on any atom is -0.478 e. The summed E-state index contributed by atoms with van der Waals surface area (Å²) in [5, 5.41) is 8.87. The zero-order valence-corrected chi connectivity index (χ0v) is 11.2. The number of aryl methyl sites for hydroxylation is 1. The van der Waals surface area contributed by atoms with Crippen molar-refractivity contribution in [1.82, 2.24) is 4.98 Å². The molecule has 0 atom stereocenters. The number of carboxylic acids is 1. The third-order valence-electron chi connectivity index (χ3n) is 2.41. The molecule has 6 nitrogen and oxygen atoms in total. The van der Waals surface area contributed by atoms with Crippen LogP contribution in [0, 0.1) is 6.92 Å². The minimum absolute atomic E-state index is 0.190. The molecule has 0 radical (unpaired) electrons. The van der Waals surface area contributed by atoms with E-state index in [4.69, 9.17) is 19.3 Å². The molecule has 0 amide bonds. The molecule has 0 spiro atoms. The zero-order chi connectivity index (χ0) is 14.1. The van der Waals surface area contributed by atoms with Gasteiger partial charge in [-0.2, -0.15) is 0 Å². The summed E-state index contributed by atoms with van der Waals surface area (Å²) in [5.74, 6) is -0.553. The van der Waals surface area contributed by atoms with Gasteiger partial charge in [0.2, 0.25) is 5.88 Å². The number of aromatic carboxylic acids is 1. The molecule has 0 unspecified atom stereocenters. The Kier molecular flexibility index (Phi) is 6.84. The van der Waals surface area contributed by atoms with Crippen LogP contribution in [0.3, 0.4) is 0 Å². The fourth-order valence-corrected chi connectivity index (χ4v) is 1.43. The van der Waals surface area contributed by atoms with Gasteiger partial charge in [0.15, 0.2) is 0 Å². The van der Waals surface area contributed by atoms with Crippen LogP contribution in [0.2, 0.25) is 0 Å². The summed E-state index contributed by atoms with van der Waals surface area (Å²) in [7, 11) is 1.63. The van der Waals surface area contributed by atoms with Crippen LogP contribution in [0.1, 0.15) is 22.5 Å². The van der Waals surface area contributed by atoms with Gasteiger partial charge in [-0.15, -0.1) is 0 Å². The van der Waals surface area contributed by atoms with Crippen LogP contribution in [-0.2, 0) is 9.47 Å². The van der Waals surface area contributed by atoms with Crippen LogP contribution in [0.25, 0.3) is 0 Å². The van der Waals surface area contributed by atoms with Gasteiger partial charge in [-0.05, 0) is 13.0 Å². The highest BCUT2D eigenvalue weighted by molar-refractivity contribution is 5.88. The number of hydrogen-bond donors (Lipinski definition) is 1. The second-order valence-electron chi connectivity index (χ2n) is 3.89. The Morgan fingerprint density at radius 1 is 1.26 bits per heavy atom. The number of pyridine rings is 1. The SMILES string of the molecule is COCCOCCCOc1ccc(C(=O)O)c(C)n1. The van der Waals surface area contributed by atoms with Gasteiger partial charge in [-0.25, -0.2) is 9.78 Å². The molecule has 0 saturated carbocycles. The van der Waals surface area contributed by atoms with Crippen molar-refractivity contribution in [2.75, 3.05) is 33.5 Å². The zero-order valence-electron chi connectivity index (χ0n) is 11.2. The van der Waals surface area contributed by atoms with E-state index in [0.29, 0.717) is 38.0 Å². The molecule has 0 aliphatic rings. The van der Waals surface area contributed by atoms with Crippen LogP contribution in [0.4, 0.5) is 0 Å². The predicted octanol–water partition coefficient (Wildman–Crippen LogP) is 1.52. The molecule has 0 fully saturated rings. The fraction of sp³-hybridized carbons (Fsp3) is 0.538. The van der Waals surface area contributed by atoms with Crippen molar-refractivity contribution in [3.8, 4) is 5.88 Å². The lowest BCUT2D eigenvalue weighted by atomic mass is 10.2. The van der Waals surface area contributed by atoms with E-state index < -0.39 is 5.97 Å². The van der Waals surface area contributed by atoms with Gasteiger partial charge in [0.1, 0.15) is 0 Å². The lowest BCUT2D eigenvalue weighted by Gasteiger charge is -2.07. The maximum Gasteiger partial charge on any atom is 0.337 e. The number of aromatic nitrogens is 1. The average molecular weight is 269 g/mol. The van der Waals surface area contributed by atoms with E-state index in [0.717, 1.165) is 6.42 Å². The molecular formula is C13H19NO5. The van der Waals surface area contributed by atoms with E-state index in [1.807, 2.05) is 0 Å². The molecule has 0 bridgehead atoms. The summed E-state index contributed by atoms with van der Waals surface area (Å²) < 4.78 is 15.5. The fourth-order valence-electron chi connectivity index (χ4n) is 1.43. The molecular weight excluding hydrogens is 250 g/mol. The first-order valence-corrected chi connectivity index (χ1v) is 6.05. The van der Waals surface area contributed by atoms with Crippen molar-refractivity contribution in [3.63, 3.8) is 0 Å². The lowest BCUT2D eigenvalue weighted by molar-refractivity contribution is 0.0642. The summed E-state index contributed by atoms with van der Waals surface area (Å²) in [6.07, 6.45) is 0.741. The second-order valence-corrected chi connectivity index (χ2v) is 3.89. The standard InChI is InChI=1S/C13H19NO5/c1-10-11(13(15)16)4-5-12(14-10)19-7-3-6-18-9-8-17-2/h4-5H,3,6-9H2,1-2H3,(H,15,16). The molecule has 0 aromatic carbocycles. The van der Waals surface area contributed by atoms with Crippen molar-refractivity contribution >= 4 is 5.97 Å². The summed E-state index contributed by atoms with van der Waals surface area (Å²) in [4.78, 5) is 14.9. The van der Waals surface area contributed by atoms with Gasteiger partial charge in [0.05, 0.1) is 31.1 Å². The number of methoxy groups -OCH3 is 1. The highest BCUT2D eigenvalue weighted by Gasteiger charge is 2.08. The van der Waals surface area contributed by atoms with Crippen molar-refractivity contribution in [2.24, 2.45) is 0 Å². The summed E-state index contributed by atoms with van der Waals surface area (Å²) in [6, 6.07) is 3.05. The number of rotatable bonds is 9. The second kappa shape index (κ2) is 8.44. The predicted molar refractivity (Wildman–Crippen MR) is 68.7 cm³/mol. The van der Waals surface area contributed by atoms with Gasteiger partial charge in [-0.1, -0.05) is 0 Å². The Morgan fingerprint density at radius 2 is 2.05 bits per heavy atom. The monoisotopic (exact) mass is 269 g/mol. The van der Waals surface area contributed by atoms with Crippen LogP contribution in [0.15, 0.2) is 12.1 Å². The van der Waals surface area contributed by atoms with E-state index in [9.17, 15) is 4.79 Å². The first-order chi connectivity index (χ1) is 9.15. The normalized spacial score (nSPS) is 10.4. The van der Waals surface area contributed by atoms with Crippen molar-refractivity contribution in [3.05, 3.63) is 23.4 Å². The number of ether oxygens (including phenoxy) is 3. The van der Waals surface area contributed by atoms with E-state index >= 15 is 0 Å². The van der Waals surface area contributed by atoms with E-state index in [1.54, 1.807) is 20.1 Å². The van der Waals surface area contributed by atoms with Crippen molar-refractivity contribution in [2.45, 2.75) is 13.3 Å². The van der Waals surface area contributed by atoms with Gasteiger partial charge < -0.3 is 19.3 Å². The molecule has 106 valence electrons. The molecule has 0 aliphatic heterocycles. The Labute approximate surface area is 112 Å². The average Bonchev–Trinajstić information content (AvgIpc) is 2.37. The molecule has 1 aromatic rings. The Morgan fingerprint density at radius 3 is 2.68 bits per heavy atom. The van der Waals surface area contributed by atoms with Gasteiger partial charge in [0, 0.05) is 26.2 Å². The highest BCUT2D eigenvalue weighted by Crippen LogP contribution is 2.12. The van der Waals surface area contributed by atoms with Gasteiger partial charge >= 0.3 is 5.97 Å². The smallest absolute Gasteiger partial charge is 0.337 e. The third-order valence-corrected chi connectivity index (χ3v) is 2.41. The number of carbonyl (C=O) groups is 1. The van der Waals surface area contributed by atoms with Gasteiger partial charge in [0.25, 0.3) is 0 Å². The molecule has 1 rings (SSSR count). The molecule has 0 aliphatic carbocycles. The minimum atomic E-state index is -0.983. The molecule has 1 aromatic heterocycles. The largest absolute Gasteiger partial charge is 0.478 e. The maximum absolute atomic E-state index is 10.8. The maximum atomic E-state index is 10.8. The van der Waals surface area contributed by atoms with Crippen LogP contribution < -0.4 is 4.74 Å². The third kappa shape index (κ3) is 5.67. The summed E-state index contributed by atoms with van der Waals surface area (Å²) in [5.41, 5.74) is 0.636. The quantitative estimate of drug-likeness (QED) is 0.685. The van der Waals surface area contributed by atoms with Crippen LogP contribution in [-0.4, -0.2) is 49.6 Å². The van der Waals surface area contributed by atoms with Crippen LogP contribution in [0.5, 0.6) is 5.88 Å². The van der Waals surface area contributed by atoms with Crippen LogP contribution >= 0.6 is 0 Å². The Bertz CT molecular complexity index is 408.